The molecule has 152 valence electrons. The SMILES string of the molecule is Cc1nnc2c(NC(=O)c3cccc(C(F)(F)F)c3)cc(-c3ccc(Cl)cc3)cn12. The molecule has 0 spiro atoms. The topological polar surface area (TPSA) is 59.3 Å². The number of hydrogen-bond donors (Lipinski definition) is 1. The van der Waals surface area contributed by atoms with Crippen LogP contribution in [0.3, 0.4) is 0 Å². The standard InChI is InChI=1S/C21H14ClF3N4O/c1-12-27-28-19-18(10-15(11-29(12)19)13-5-7-17(22)8-6-13)26-20(30)14-3-2-4-16(9-14)21(23,24)25/h2-11H,1H3,(H,26,30). The van der Waals surface area contributed by atoms with E-state index in [-0.39, 0.29) is 5.56 Å². The van der Waals surface area contributed by atoms with Gasteiger partial charge in [0, 0.05) is 22.3 Å². The third-order valence-corrected chi connectivity index (χ3v) is 4.81. The molecule has 1 amide bonds. The number of nitrogens with zero attached hydrogens (tertiary/aromatic N) is 3. The number of hydrogen-bond acceptors (Lipinski definition) is 3. The summed E-state index contributed by atoms with van der Waals surface area (Å²) in [5.74, 6) is -0.0905. The highest BCUT2D eigenvalue weighted by molar-refractivity contribution is 6.30. The summed E-state index contributed by atoms with van der Waals surface area (Å²) in [6.07, 6.45) is -2.73. The first-order valence-corrected chi connectivity index (χ1v) is 9.20. The molecule has 5 nitrogen and oxygen atoms in total. The lowest BCUT2D eigenvalue weighted by molar-refractivity contribution is -0.137. The molecule has 0 bridgehead atoms. The van der Waals surface area contributed by atoms with Gasteiger partial charge in [0.25, 0.3) is 5.91 Å². The van der Waals surface area contributed by atoms with Gasteiger partial charge in [-0.3, -0.25) is 9.20 Å². The molecule has 0 fully saturated rings. The Morgan fingerprint density at radius 3 is 2.47 bits per heavy atom. The number of aryl methyl sites for hydroxylation is 1. The summed E-state index contributed by atoms with van der Waals surface area (Å²) >= 11 is 5.95. The lowest BCUT2D eigenvalue weighted by Gasteiger charge is -2.12. The van der Waals surface area contributed by atoms with Crippen LogP contribution in [-0.4, -0.2) is 20.5 Å². The van der Waals surface area contributed by atoms with E-state index < -0.39 is 17.6 Å². The van der Waals surface area contributed by atoms with Crippen molar-refractivity contribution in [3.8, 4) is 11.1 Å². The molecule has 0 aliphatic rings. The number of nitrogens with one attached hydrogen (secondary N) is 1. The molecular weight excluding hydrogens is 417 g/mol. The van der Waals surface area contributed by atoms with Crippen LogP contribution >= 0.6 is 11.6 Å². The second-order valence-corrected chi connectivity index (χ2v) is 7.06. The highest BCUT2D eigenvalue weighted by Crippen LogP contribution is 2.30. The fraction of sp³-hybridized carbons (Fsp3) is 0.0952. The fourth-order valence-corrected chi connectivity index (χ4v) is 3.15. The van der Waals surface area contributed by atoms with E-state index in [2.05, 4.69) is 15.5 Å². The largest absolute Gasteiger partial charge is 0.416 e. The Morgan fingerprint density at radius 2 is 1.77 bits per heavy atom. The molecule has 9 heteroatoms. The summed E-state index contributed by atoms with van der Waals surface area (Å²) < 4.78 is 40.6. The maximum atomic E-state index is 13.0. The van der Waals surface area contributed by atoms with Crippen molar-refractivity contribution in [1.82, 2.24) is 14.6 Å². The maximum absolute atomic E-state index is 13.0. The molecule has 1 N–H and O–H groups in total. The molecule has 0 aliphatic heterocycles. The lowest BCUT2D eigenvalue weighted by atomic mass is 10.1. The average molecular weight is 431 g/mol. The van der Waals surface area contributed by atoms with E-state index in [1.807, 2.05) is 18.3 Å². The van der Waals surface area contributed by atoms with Crippen molar-refractivity contribution in [1.29, 1.82) is 0 Å². The third kappa shape index (κ3) is 3.86. The number of rotatable bonds is 3. The Bertz CT molecular complexity index is 1250. The van der Waals surface area contributed by atoms with Crippen molar-refractivity contribution >= 4 is 28.8 Å². The Balaban J connectivity index is 1.75. The Kier molecular flexibility index (Phi) is 4.95. The zero-order valence-corrected chi connectivity index (χ0v) is 16.3. The molecule has 0 unspecified atom stereocenters. The van der Waals surface area contributed by atoms with Crippen molar-refractivity contribution < 1.29 is 18.0 Å². The summed E-state index contributed by atoms with van der Waals surface area (Å²) in [4.78, 5) is 12.7. The van der Waals surface area contributed by atoms with Gasteiger partial charge < -0.3 is 5.32 Å². The van der Waals surface area contributed by atoms with E-state index in [0.29, 0.717) is 22.2 Å². The maximum Gasteiger partial charge on any atom is 0.416 e. The van der Waals surface area contributed by atoms with Crippen molar-refractivity contribution in [3.63, 3.8) is 0 Å². The van der Waals surface area contributed by atoms with Crippen molar-refractivity contribution in [2.24, 2.45) is 0 Å². The number of fused-ring (bicyclic) bond motifs is 1. The lowest BCUT2D eigenvalue weighted by Crippen LogP contribution is -2.15. The summed E-state index contributed by atoms with van der Waals surface area (Å²) in [5, 5.41) is 11.3. The quantitative estimate of drug-likeness (QED) is 0.458. The number of carbonyl (C=O) groups is 1. The number of pyridine rings is 1. The van der Waals surface area contributed by atoms with E-state index in [1.54, 1.807) is 29.5 Å². The Morgan fingerprint density at radius 1 is 1.03 bits per heavy atom. The van der Waals surface area contributed by atoms with Crippen LogP contribution in [0.1, 0.15) is 21.7 Å². The first-order chi connectivity index (χ1) is 14.2. The molecule has 2 aromatic carbocycles. The third-order valence-electron chi connectivity index (χ3n) is 4.55. The minimum atomic E-state index is -4.54. The van der Waals surface area contributed by atoms with Gasteiger partial charge in [0.15, 0.2) is 5.65 Å². The molecule has 4 aromatic rings. The molecule has 2 aromatic heterocycles. The minimum absolute atomic E-state index is 0.115. The number of carbonyl (C=O) groups excluding carboxylic acids is 1. The highest BCUT2D eigenvalue weighted by Gasteiger charge is 2.31. The smallest absolute Gasteiger partial charge is 0.319 e. The van der Waals surface area contributed by atoms with E-state index in [9.17, 15) is 18.0 Å². The van der Waals surface area contributed by atoms with Gasteiger partial charge in [0.1, 0.15) is 5.82 Å². The predicted molar refractivity (Wildman–Crippen MR) is 108 cm³/mol. The molecule has 4 rings (SSSR count). The van der Waals surface area contributed by atoms with Gasteiger partial charge in [-0.2, -0.15) is 13.2 Å². The van der Waals surface area contributed by atoms with E-state index in [0.717, 1.165) is 23.3 Å². The molecule has 0 saturated carbocycles. The van der Waals surface area contributed by atoms with Crippen molar-refractivity contribution in [2.45, 2.75) is 13.1 Å². The monoisotopic (exact) mass is 430 g/mol. The highest BCUT2D eigenvalue weighted by atomic mass is 35.5. The molecule has 30 heavy (non-hydrogen) atoms. The van der Waals surface area contributed by atoms with Crippen LogP contribution in [0.4, 0.5) is 18.9 Å². The molecule has 0 radical (unpaired) electrons. The van der Waals surface area contributed by atoms with Crippen LogP contribution < -0.4 is 5.32 Å². The molecule has 0 atom stereocenters. The van der Waals surface area contributed by atoms with Crippen molar-refractivity contribution in [2.75, 3.05) is 5.32 Å². The molecule has 0 aliphatic carbocycles. The summed E-state index contributed by atoms with van der Waals surface area (Å²) in [5.41, 5.74) is 1.28. The van der Waals surface area contributed by atoms with Gasteiger partial charge in [-0.05, 0) is 48.9 Å². The number of anilines is 1. The number of halogens is 4. The first-order valence-electron chi connectivity index (χ1n) is 8.82. The minimum Gasteiger partial charge on any atom is -0.319 e. The van der Waals surface area contributed by atoms with Crippen LogP contribution in [-0.2, 0) is 6.18 Å². The van der Waals surface area contributed by atoms with Gasteiger partial charge in [-0.15, -0.1) is 10.2 Å². The fourth-order valence-electron chi connectivity index (χ4n) is 3.03. The summed E-state index contributed by atoms with van der Waals surface area (Å²) in [6.45, 7) is 1.75. The second-order valence-electron chi connectivity index (χ2n) is 6.62. The van der Waals surface area contributed by atoms with Gasteiger partial charge in [0.2, 0.25) is 0 Å². The van der Waals surface area contributed by atoms with E-state index >= 15 is 0 Å². The van der Waals surface area contributed by atoms with Gasteiger partial charge in [0.05, 0.1) is 11.3 Å². The number of benzene rings is 2. The number of amides is 1. The van der Waals surface area contributed by atoms with Gasteiger partial charge in [-0.25, -0.2) is 0 Å². The predicted octanol–water partition coefficient (Wildman–Crippen LogP) is 5.63. The van der Waals surface area contributed by atoms with Gasteiger partial charge >= 0.3 is 6.18 Å². The second kappa shape index (κ2) is 7.46. The summed E-state index contributed by atoms with van der Waals surface area (Å²) in [6, 6.07) is 13.0. The van der Waals surface area contributed by atoms with Crippen LogP contribution in [0.15, 0.2) is 60.8 Å². The zero-order valence-electron chi connectivity index (χ0n) is 15.5. The Labute approximate surface area is 174 Å². The van der Waals surface area contributed by atoms with Crippen LogP contribution in [0.2, 0.25) is 5.02 Å². The van der Waals surface area contributed by atoms with Crippen molar-refractivity contribution in [3.05, 3.63) is 82.8 Å². The molecule has 2 heterocycles. The normalized spacial score (nSPS) is 11.6. The Hall–Kier alpha value is -3.39. The van der Waals surface area contributed by atoms with Crippen LogP contribution in [0.5, 0.6) is 0 Å². The summed E-state index contributed by atoms with van der Waals surface area (Å²) in [7, 11) is 0. The number of alkyl halides is 3. The number of aromatic nitrogens is 3. The van der Waals surface area contributed by atoms with E-state index in [4.69, 9.17) is 11.6 Å². The van der Waals surface area contributed by atoms with E-state index in [1.165, 1.54) is 12.1 Å². The zero-order chi connectivity index (χ0) is 21.5. The molecular formula is C21H14ClF3N4O. The van der Waals surface area contributed by atoms with Crippen LogP contribution in [0, 0.1) is 6.92 Å². The van der Waals surface area contributed by atoms with Crippen LogP contribution in [0.25, 0.3) is 16.8 Å². The average Bonchev–Trinajstić information content (AvgIpc) is 3.09. The first kappa shape index (κ1) is 19.9. The van der Waals surface area contributed by atoms with Gasteiger partial charge in [-0.1, -0.05) is 29.8 Å². The molecule has 0 saturated heterocycles.